The van der Waals surface area contributed by atoms with E-state index in [1.807, 2.05) is 0 Å². The second-order valence-electron chi connectivity index (χ2n) is 4.84. The molecular weight excluding hydrogens is 310 g/mol. The summed E-state index contributed by atoms with van der Waals surface area (Å²) in [6.45, 7) is 1.70. The highest BCUT2D eigenvalue weighted by molar-refractivity contribution is 7.93. The Kier molecular flexibility index (Phi) is 3.79. The van der Waals surface area contributed by atoms with Crippen LogP contribution in [0.2, 0.25) is 0 Å². The van der Waals surface area contributed by atoms with Gasteiger partial charge in [-0.2, -0.15) is 4.37 Å². The lowest BCUT2D eigenvalue weighted by molar-refractivity contribution is 0.601. The fourth-order valence-corrected chi connectivity index (χ4v) is 3.91. The molecule has 0 amide bonds. The maximum Gasteiger partial charge on any atom is 0.263 e. The third-order valence-corrected chi connectivity index (χ3v) is 5.38. The van der Waals surface area contributed by atoms with E-state index in [0.29, 0.717) is 0 Å². The zero-order valence-corrected chi connectivity index (χ0v) is 12.8. The Balaban J connectivity index is 1.77. The number of sulfonamides is 1. The molecule has 0 saturated carbocycles. The molecule has 1 aliphatic rings. The van der Waals surface area contributed by atoms with E-state index >= 15 is 0 Å². The van der Waals surface area contributed by atoms with Crippen molar-refractivity contribution in [3.05, 3.63) is 30.6 Å². The van der Waals surface area contributed by atoms with Crippen molar-refractivity contribution < 1.29 is 8.42 Å². The van der Waals surface area contributed by atoms with Crippen LogP contribution in [-0.2, 0) is 10.0 Å². The molecule has 7 nitrogen and oxygen atoms in total. The first-order chi connectivity index (χ1) is 10.0. The lowest BCUT2D eigenvalue weighted by atomic mass is 10.3. The van der Waals surface area contributed by atoms with Gasteiger partial charge in [-0.3, -0.25) is 4.72 Å². The van der Waals surface area contributed by atoms with Gasteiger partial charge < -0.3 is 10.6 Å². The summed E-state index contributed by atoms with van der Waals surface area (Å²) in [5.74, 6) is 0. The summed E-state index contributed by atoms with van der Waals surface area (Å²) in [5.41, 5.74) is 6.86. The van der Waals surface area contributed by atoms with Crippen molar-refractivity contribution in [2.75, 3.05) is 22.7 Å². The number of rotatable bonds is 4. The van der Waals surface area contributed by atoms with Gasteiger partial charge in [-0.1, -0.05) is 0 Å². The van der Waals surface area contributed by atoms with Gasteiger partial charge in [0.2, 0.25) is 5.13 Å². The van der Waals surface area contributed by atoms with E-state index in [1.54, 1.807) is 24.3 Å². The summed E-state index contributed by atoms with van der Waals surface area (Å²) < 4.78 is 30.5. The van der Waals surface area contributed by atoms with Crippen LogP contribution in [0.1, 0.15) is 6.42 Å². The van der Waals surface area contributed by atoms with E-state index in [1.165, 1.54) is 6.33 Å². The Hall–Kier alpha value is -1.71. The summed E-state index contributed by atoms with van der Waals surface area (Å²) >= 11 is 0.995. The van der Waals surface area contributed by atoms with Gasteiger partial charge in [0.25, 0.3) is 10.0 Å². The third kappa shape index (κ3) is 3.14. The SMILES string of the molecule is N[C@@H]1CCN(c2ccc(S(=O)(=O)Nc3ncns3)cc2)C1. The lowest BCUT2D eigenvalue weighted by Crippen LogP contribution is -2.26. The smallest absolute Gasteiger partial charge is 0.263 e. The van der Waals surface area contributed by atoms with Crippen LogP contribution in [0.15, 0.2) is 35.5 Å². The molecule has 9 heteroatoms. The molecule has 1 saturated heterocycles. The summed E-state index contributed by atoms with van der Waals surface area (Å²) in [6, 6.07) is 6.96. The minimum Gasteiger partial charge on any atom is -0.370 e. The van der Waals surface area contributed by atoms with Gasteiger partial charge in [0, 0.05) is 36.4 Å². The van der Waals surface area contributed by atoms with Crippen LogP contribution < -0.4 is 15.4 Å². The van der Waals surface area contributed by atoms with Crippen LogP contribution in [0.3, 0.4) is 0 Å². The lowest BCUT2D eigenvalue weighted by Gasteiger charge is -2.18. The van der Waals surface area contributed by atoms with Gasteiger partial charge in [-0.25, -0.2) is 13.4 Å². The Bertz CT molecular complexity index is 700. The van der Waals surface area contributed by atoms with Crippen LogP contribution in [-0.4, -0.2) is 36.9 Å². The number of hydrogen-bond donors (Lipinski definition) is 2. The molecule has 1 aromatic heterocycles. The summed E-state index contributed by atoms with van der Waals surface area (Å²) in [4.78, 5) is 6.16. The number of nitrogens with zero attached hydrogens (tertiary/aromatic N) is 3. The van der Waals surface area contributed by atoms with Crippen molar-refractivity contribution in [1.82, 2.24) is 9.36 Å². The molecule has 3 rings (SSSR count). The van der Waals surface area contributed by atoms with E-state index in [0.717, 1.165) is 36.7 Å². The highest BCUT2D eigenvalue weighted by atomic mass is 32.2. The van der Waals surface area contributed by atoms with Gasteiger partial charge in [0.1, 0.15) is 6.33 Å². The molecular formula is C12H15N5O2S2. The van der Waals surface area contributed by atoms with Gasteiger partial charge in [-0.15, -0.1) is 0 Å². The number of aromatic nitrogens is 2. The fraction of sp³-hybridized carbons (Fsp3) is 0.333. The van der Waals surface area contributed by atoms with Crippen molar-refractivity contribution in [1.29, 1.82) is 0 Å². The number of nitrogens with two attached hydrogens (primary N) is 1. The van der Waals surface area contributed by atoms with Crippen LogP contribution in [0.25, 0.3) is 0 Å². The Morgan fingerprint density at radius 2 is 2.10 bits per heavy atom. The minimum atomic E-state index is -3.62. The molecule has 21 heavy (non-hydrogen) atoms. The van der Waals surface area contributed by atoms with E-state index in [4.69, 9.17) is 5.73 Å². The second kappa shape index (κ2) is 5.58. The zero-order chi connectivity index (χ0) is 14.9. The Labute approximate surface area is 127 Å². The third-order valence-electron chi connectivity index (χ3n) is 3.32. The highest BCUT2D eigenvalue weighted by Gasteiger charge is 2.20. The number of anilines is 2. The van der Waals surface area contributed by atoms with Crippen molar-refractivity contribution in [3.8, 4) is 0 Å². The molecule has 1 aliphatic heterocycles. The quantitative estimate of drug-likeness (QED) is 0.865. The first-order valence-corrected chi connectivity index (χ1v) is 8.70. The minimum absolute atomic E-state index is 0.187. The molecule has 0 radical (unpaired) electrons. The zero-order valence-electron chi connectivity index (χ0n) is 11.1. The first-order valence-electron chi connectivity index (χ1n) is 6.45. The topological polar surface area (TPSA) is 101 Å². The van der Waals surface area contributed by atoms with E-state index in [-0.39, 0.29) is 16.1 Å². The number of hydrogen-bond acceptors (Lipinski definition) is 7. The standard InChI is InChI=1S/C12H15N5O2S2/c13-9-5-6-17(7-9)10-1-3-11(4-2-10)21(18,19)16-12-14-8-15-20-12/h1-4,8-9H,5-7,13H2,(H,14,15,16)/t9-/m1/s1. The monoisotopic (exact) mass is 325 g/mol. The molecule has 3 N–H and O–H groups in total. The van der Waals surface area contributed by atoms with E-state index < -0.39 is 10.0 Å². The summed E-state index contributed by atoms with van der Waals surface area (Å²) in [6.07, 6.45) is 2.26. The second-order valence-corrected chi connectivity index (χ2v) is 7.30. The van der Waals surface area contributed by atoms with Crippen LogP contribution in [0.5, 0.6) is 0 Å². The Morgan fingerprint density at radius 3 is 2.67 bits per heavy atom. The maximum atomic E-state index is 12.2. The molecule has 0 aliphatic carbocycles. The normalized spacial score (nSPS) is 18.9. The van der Waals surface area contributed by atoms with Gasteiger partial charge in [0.05, 0.1) is 4.90 Å². The molecule has 0 unspecified atom stereocenters. The fourth-order valence-electron chi connectivity index (χ4n) is 2.25. The first kappa shape index (κ1) is 14.2. The molecule has 112 valence electrons. The van der Waals surface area contributed by atoms with Gasteiger partial charge in [-0.05, 0) is 30.7 Å². The predicted molar refractivity (Wildman–Crippen MR) is 82.0 cm³/mol. The summed E-state index contributed by atoms with van der Waals surface area (Å²) in [5, 5.41) is 0.254. The van der Waals surface area contributed by atoms with Crippen molar-refractivity contribution >= 4 is 32.4 Å². The molecule has 1 aromatic carbocycles. The number of nitrogens with one attached hydrogen (secondary N) is 1. The Morgan fingerprint density at radius 1 is 1.33 bits per heavy atom. The van der Waals surface area contributed by atoms with Crippen LogP contribution >= 0.6 is 11.5 Å². The average molecular weight is 325 g/mol. The van der Waals surface area contributed by atoms with Gasteiger partial charge >= 0.3 is 0 Å². The summed E-state index contributed by atoms with van der Waals surface area (Å²) in [7, 11) is -3.62. The van der Waals surface area contributed by atoms with Crippen LogP contribution in [0, 0.1) is 0 Å². The molecule has 2 aromatic rings. The largest absolute Gasteiger partial charge is 0.370 e. The molecule has 2 heterocycles. The molecule has 1 fully saturated rings. The maximum absolute atomic E-state index is 12.2. The predicted octanol–water partition coefficient (Wildman–Crippen LogP) is 0.876. The average Bonchev–Trinajstić information content (AvgIpc) is 3.10. The van der Waals surface area contributed by atoms with E-state index in [2.05, 4.69) is 19.0 Å². The molecule has 0 spiro atoms. The molecule has 0 bridgehead atoms. The van der Waals surface area contributed by atoms with Crippen molar-refractivity contribution in [2.24, 2.45) is 5.73 Å². The highest BCUT2D eigenvalue weighted by Crippen LogP contribution is 2.23. The van der Waals surface area contributed by atoms with Crippen LogP contribution in [0.4, 0.5) is 10.8 Å². The van der Waals surface area contributed by atoms with Crippen molar-refractivity contribution in [2.45, 2.75) is 17.4 Å². The van der Waals surface area contributed by atoms with Crippen molar-refractivity contribution in [3.63, 3.8) is 0 Å². The van der Waals surface area contributed by atoms with E-state index in [9.17, 15) is 8.42 Å². The van der Waals surface area contributed by atoms with Gasteiger partial charge in [0.15, 0.2) is 0 Å². The molecule has 1 atom stereocenters. The number of benzene rings is 1.